The van der Waals surface area contributed by atoms with Crippen molar-refractivity contribution in [2.75, 3.05) is 13.1 Å². The first-order valence-electron chi connectivity index (χ1n) is 9.89. The van der Waals surface area contributed by atoms with Crippen molar-refractivity contribution in [3.05, 3.63) is 29.1 Å². The lowest BCUT2D eigenvalue weighted by Gasteiger charge is -2.34. The number of rotatable bonds is 1. The molecule has 25 heavy (non-hydrogen) atoms. The predicted molar refractivity (Wildman–Crippen MR) is 99.9 cm³/mol. The third kappa shape index (κ3) is 4.96. The number of pyridine rings is 1. The minimum absolute atomic E-state index is 0.191. The third-order valence-electron chi connectivity index (χ3n) is 5.19. The number of aromatic nitrogens is 1. The van der Waals surface area contributed by atoms with E-state index in [1.54, 1.807) is 0 Å². The minimum Gasteiger partial charge on any atom is -0.444 e. The van der Waals surface area contributed by atoms with Crippen molar-refractivity contribution in [2.24, 2.45) is 0 Å². The molecule has 1 aromatic rings. The number of likely N-dealkylation sites (tertiary alicyclic amines) is 1. The molecule has 1 aliphatic heterocycles. The number of nitrogens with zero attached hydrogens (tertiary/aromatic N) is 2. The minimum atomic E-state index is -0.440. The van der Waals surface area contributed by atoms with Gasteiger partial charge in [0, 0.05) is 30.4 Å². The predicted octanol–water partition coefficient (Wildman–Crippen LogP) is 4.86. The van der Waals surface area contributed by atoms with Crippen molar-refractivity contribution in [3.63, 3.8) is 0 Å². The van der Waals surface area contributed by atoms with Crippen LogP contribution in [0.5, 0.6) is 0 Å². The standard InChI is InChI=1S/C21H32N2O2/c1-21(2,3)25-20(24)23-14-8-10-17(15-23)19-13-12-16-9-6-4-5-7-11-18(16)22-19/h12-13,17H,4-11,14-15H2,1-3H3. The fraction of sp³-hybridized carbons (Fsp3) is 0.714. The van der Waals surface area contributed by atoms with Crippen LogP contribution in [-0.2, 0) is 17.6 Å². The van der Waals surface area contributed by atoms with Gasteiger partial charge in [0.25, 0.3) is 0 Å². The van der Waals surface area contributed by atoms with Gasteiger partial charge in [-0.05, 0) is 70.9 Å². The molecule has 1 unspecified atom stereocenters. The summed E-state index contributed by atoms with van der Waals surface area (Å²) in [5.74, 6) is 0.331. The Morgan fingerprint density at radius 1 is 1.12 bits per heavy atom. The van der Waals surface area contributed by atoms with E-state index in [0.717, 1.165) is 44.5 Å². The van der Waals surface area contributed by atoms with Crippen molar-refractivity contribution in [3.8, 4) is 0 Å². The molecule has 0 radical (unpaired) electrons. The largest absolute Gasteiger partial charge is 0.444 e. The highest BCUT2D eigenvalue weighted by atomic mass is 16.6. The summed E-state index contributed by atoms with van der Waals surface area (Å²) in [4.78, 5) is 19.3. The fourth-order valence-electron chi connectivity index (χ4n) is 3.89. The van der Waals surface area contributed by atoms with Gasteiger partial charge in [-0.1, -0.05) is 18.9 Å². The van der Waals surface area contributed by atoms with E-state index in [-0.39, 0.29) is 6.09 Å². The van der Waals surface area contributed by atoms with Crippen LogP contribution >= 0.6 is 0 Å². The van der Waals surface area contributed by atoms with Crippen molar-refractivity contribution in [1.82, 2.24) is 9.88 Å². The second-order valence-corrected chi connectivity index (χ2v) is 8.52. The van der Waals surface area contributed by atoms with E-state index >= 15 is 0 Å². The van der Waals surface area contributed by atoms with E-state index in [2.05, 4.69) is 12.1 Å². The van der Waals surface area contributed by atoms with Gasteiger partial charge in [-0.2, -0.15) is 0 Å². The molecule has 4 nitrogen and oxygen atoms in total. The number of carbonyl (C=O) groups is 1. The summed E-state index contributed by atoms with van der Waals surface area (Å²) in [6.07, 6.45) is 9.39. The number of ether oxygens (including phenoxy) is 1. The number of piperidine rings is 1. The lowest BCUT2D eigenvalue weighted by Crippen LogP contribution is -2.42. The van der Waals surface area contributed by atoms with Gasteiger partial charge < -0.3 is 9.64 Å². The summed E-state index contributed by atoms with van der Waals surface area (Å²) in [6, 6.07) is 4.49. The topological polar surface area (TPSA) is 42.4 Å². The van der Waals surface area contributed by atoms with Crippen LogP contribution in [0.4, 0.5) is 4.79 Å². The van der Waals surface area contributed by atoms with Gasteiger partial charge in [0.05, 0.1) is 0 Å². The number of fused-ring (bicyclic) bond motifs is 1. The number of carbonyl (C=O) groups excluding carboxylic acids is 1. The molecule has 2 heterocycles. The molecular formula is C21H32N2O2. The normalized spacial score (nSPS) is 21.9. The smallest absolute Gasteiger partial charge is 0.410 e. The summed E-state index contributed by atoms with van der Waals surface area (Å²) >= 11 is 0. The Hall–Kier alpha value is -1.58. The molecule has 0 bridgehead atoms. The molecule has 3 rings (SSSR count). The summed E-state index contributed by atoms with van der Waals surface area (Å²) in [6.45, 7) is 7.27. The van der Waals surface area contributed by atoms with E-state index in [1.165, 1.54) is 36.9 Å². The molecule has 1 saturated heterocycles. The second-order valence-electron chi connectivity index (χ2n) is 8.52. The summed E-state index contributed by atoms with van der Waals surface area (Å²) < 4.78 is 5.55. The Bertz CT molecular complexity index is 606. The Kier molecular flexibility index (Phi) is 5.65. The highest BCUT2D eigenvalue weighted by Crippen LogP contribution is 2.28. The summed E-state index contributed by atoms with van der Waals surface area (Å²) in [5.41, 5.74) is 3.45. The molecule has 1 aromatic heterocycles. The van der Waals surface area contributed by atoms with Crippen molar-refractivity contribution in [2.45, 2.75) is 83.7 Å². The molecule has 0 N–H and O–H groups in total. The van der Waals surface area contributed by atoms with Gasteiger partial charge in [-0.15, -0.1) is 0 Å². The molecule has 2 aliphatic rings. The van der Waals surface area contributed by atoms with Gasteiger partial charge in [-0.3, -0.25) is 4.98 Å². The lowest BCUT2D eigenvalue weighted by molar-refractivity contribution is 0.0197. The monoisotopic (exact) mass is 344 g/mol. The number of hydrogen-bond acceptors (Lipinski definition) is 3. The number of hydrogen-bond donors (Lipinski definition) is 0. The Morgan fingerprint density at radius 3 is 2.64 bits per heavy atom. The second kappa shape index (κ2) is 7.76. The number of amides is 1. The van der Waals surface area contributed by atoms with E-state index < -0.39 is 5.60 Å². The van der Waals surface area contributed by atoms with Crippen LogP contribution < -0.4 is 0 Å². The molecule has 1 atom stereocenters. The quantitative estimate of drug-likeness (QED) is 0.731. The average Bonchev–Trinajstić information content (AvgIpc) is 2.54. The summed E-state index contributed by atoms with van der Waals surface area (Å²) in [5, 5.41) is 0. The van der Waals surface area contributed by atoms with E-state index in [1.807, 2.05) is 25.7 Å². The van der Waals surface area contributed by atoms with Crippen LogP contribution in [0.1, 0.15) is 82.2 Å². The molecular weight excluding hydrogens is 312 g/mol. The zero-order valence-electron chi connectivity index (χ0n) is 16.0. The van der Waals surface area contributed by atoms with Gasteiger partial charge in [0.15, 0.2) is 0 Å². The van der Waals surface area contributed by atoms with Gasteiger partial charge in [0.2, 0.25) is 0 Å². The first-order valence-corrected chi connectivity index (χ1v) is 9.89. The maximum Gasteiger partial charge on any atom is 0.410 e. The van der Waals surface area contributed by atoms with Gasteiger partial charge in [-0.25, -0.2) is 4.79 Å². The highest BCUT2D eigenvalue weighted by molar-refractivity contribution is 5.68. The first kappa shape index (κ1) is 18.2. The molecule has 138 valence electrons. The molecule has 0 spiro atoms. The first-order chi connectivity index (χ1) is 11.9. The Balaban J connectivity index is 1.71. The zero-order chi connectivity index (χ0) is 17.9. The van der Waals surface area contributed by atoms with Crippen molar-refractivity contribution < 1.29 is 9.53 Å². The number of aryl methyl sites for hydroxylation is 2. The van der Waals surface area contributed by atoms with E-state index in [9.17, 15) is 4.79 Å². The molecule has 0 aromatic carbocycles. The summed E-state index contributed by atoms with van der Waals surface area (Å²) in [7, 11) is 0. The maximum atomic E-state index is 12.4. The van der Waals surface area contributed by atoms with Crippen molar-refractivity contribution in [1.29, 1.82) is 0 Å². The van der Waals surface area contributed by atoms with Gasteiger partial charge in [0.1, 0.15) is 5.60 Å². The van der Waals surface area contributed by atoms with Crippen molar-refractivity contribution >= 4 is 6.09 Å². The van der Waals surface area contributed by atoms with Crippen LogP contribution in [0.25, 0.3) is 0 Å². The molecule has 0 saturated carbocycles. The fourth-order valence-corrected chi connectivity index (χ4v) is 3.89. The molecule has 4 heteroatoms. The maximum absolute atomic E-state index is 12.4. The Morgan fingerprint density at radius 2 is 1.88 bits per heavy atom. The zero-order valence-corrected chi connectivity index (χ0v) is 16.0. The lowest BCUT2D eigenvalue weighted by atomic mass is 9.92. The third-order valence-corrected chi connectivity index (χ3v) is 5.19. The van der Waals surface area contributed by atoms with Crippen LogP contribution in [-0.4, -0.2) is 34.7 Å². The van der Waals surface area contributed by atoms with Crippen LogP contribution in [0.15, 0.2) is 12.1 Å². The highest BCUT2D eigenvalue weighted by Gasteiger charge is 2.29. The van der Waals surface area contributed by atoms with Crippen LogP contribution in [0.3, 0.4) is 0 Å². The average molecular weight is 344 g/mol. The molecule has 1 aliphatic carbocycles. The van der Waals surface area contributed by atoms with Crippen LogP contribution in [0, 0.1) is 0 Å². The molecule has 1 fully saturated rings. The Labute approximate surface area is 152 Å². The van der Waals surface area contributed by atoms with Gasteiger partial charge >= 0.3 is 6.09 Å². The van der Waals surface area contributed by atoms with E-state index in [4.69, 9.17) is 9.72 Å². The van der Waals surface area contributed by atoms with Crippen LogP contribution in [0.2, 0.25) is 0 Å². The van der Waals surface area contributed by atoms with E-state index in [0.29, 0.717) is 5.92 Å². The molecule has 1 amide bonds. The SMILES string of the molecule is CC(C)(C)OC(=O)N1CCCC(c2ccc3c(n2)CCCCCC3)C1.